The Labute approximate surface area is 77.0 Å². The van der Waals surface area contributed by atoms with Gasteiger partial charge in [0.15, 0.2) is 0 Å². The van der Waals surface area contributed by atoms with E-state index >= 15 is 0 Å². The van der Waals surface area contributed by atoms with E-state index in [9.17, 15) is 5.11 Å². The molecule has 1 aromatic rings. The van der Waals surface area contributed by atoms with Gasteiger partial charge < -0.3 is 10.8 Å². The predicted molar refractivity (Wildman–Crippen MR) is 49.8 cm³/mol. The van der Waals surface area contributed by atoms with Gasteiger partial charge in [-0.25, -0.2) is 0 Å². The van der Waals surface area contributed by atoms with Crippen LogP contribution in [0.3, 0.4) is 0 Å². The molecule has 0 saturated heterocycles. The van der Waals surface area contributed by atoms with Crippen LogP contribution in [-0.4, -0.2) is 11.2 Å². The quantitative estimate of drug-likeness (QED) is 0.541. The van der Waals surface area contributed by atoms with Gasteiger partial charge in [-0.15, -0.1) is 0 Å². The third kappa shape index (κ3) is 1.78. The molecule has 0 aliphatic heterocycles. The van der Waals surface area contributed by atoms with Gasteiger partial charge in [0.2, 0.25) is 0 Å². The van der Waals surface area contributed by atoms with Crippen LogP contribution in [0.15, 0.2) is 30.3 Å². The van der Waals surface area contributed by atoms with Crippen LogP contribution in [0.25, 0.3) is 0 Å². The van der Waals surface area contributed by atoms with Crippen molar-refractivity contribution in [2.45, 2.75) is 18.0 Å². The van der Waals surface area contributed by atoms with Crippen LogP contribution in [-0.2, 0) is 5.00 Å². The Morgan fingerprint density at radius 2 is 1.92 bits per heavy atom. The Kier molecular flexibility index (Phi) is 2.73. The van der Waals surface area contributed by atoms with Crippen molar-refractivity contribution in [2.75, 3.05) is 0 Å². The summed E-state index contributed by atoms with van der Waals surface area (Å²) in [5, 5.41) is 9.28. The van der Waals surface area contributed by atoms with Gasteiger partial charge in [0.1, 0.15) is 5.00 Å². The second-order valence-electron chi connectivity index (χ2n) is 2.81. The monoisotopic (exact) mass is 185 g/mol. The van der Waals surface area contributed by atoms with Crippen molar-refractivity contribution in [3.05, 3.63) is 35.9 Å². The van der Waals surface area contributed by atoms with E-state index in [4.69, 9.17) is 17.3 Å². The number of rotatable bonds is 2. The maximum atomic E-state index is 9.28. The van der Waals surface area contributed by atoms with Crippen molar-refractivity contribution < 1.29 is 5.11 Å². The highest BCUT2D eigenvalue weighted by Gasteiger charge is 2.29. The smallest absolute Gasteiger partial charge is 0.142 e. The SMILES string of the molecule is CC(O)C(N)(Cl)c1ccccc1. The summed E-state index contributed by atoms with van der Waals surface area (Å²) in [7, 11) is 0. The molecule has 0 aliphatic carbocycles. The number of hydrogen-bond donors (Lipinski definition) is 2. The fourth-order valence-electron chi connectivity index (χ4n) is 0.935. The van der Waals surface area contributed by atoms with Crippen LogP contribution in [0.1, 0.15) is 12.5 Å². The second-order valence-corrected chi connectivity index (χ2v) is 3.44. The molecular formula is C9H12ClNO. The molecule has 0 radical (unpaired) electrons. The summed E-state index contributed by atoms with van der Waals surface area (Å²) < 4.78 is 0. The van der Waals surface area contributed by atoms with E-state index < -0.39 is 11.1 Å². The maximum Gasteiger partial charge on any atom is 0.142 e. The fraction of sp³-hybridized carbons (Fsp3) is 0.333. The highest BCUT2D eigenvalue weighted by atomic mass is 35.5. The average Bonchev–Trinajstić information content (AvgIpc) is 2.06. The Bertz CT molecular complexity index is 246. The summed E-state index contributed by atoms with van der Waals surface area (Å²) in [6.45, 7) is 1.57. The van der Waals surface area contributed by atoms with Crippen molar-refractivity contribution in [3.8, 4) is 0 Å². The highest BCUT2D eigenvalue weighted by Crippen LogP contribution is 2.26. The highest BCUT2D eigenvalue weighted by molar-refractivity contribution is 6.24. The van der Waals surface area contributed by atoms with Gasteiger partial charge in [0, 0.05) is 0 Å². The van der Waals surface area contributed by atoms with E-state index in [0.717, 1.165) is 5.56 Å². The molecule has 1 rings (SSSR count). The molecule has 0 saturated carbocycles. The van der Waals surface area contributed by atoms with Gasteiger partial charge >= 0.3 is 0 Å². The molecule has 0 spiro atoms. The van der Waals surface area contributed by atoms with Crippen molar-refractivity contribution in [1.82, 2.24) is 0 Å². The van der Waals surface area contributed by atoms with Crippen molar-refractivity contribution >= 4 is 11.6 Å². The summed E-state index contributed by atoms with van der Waals surface area (Å²) in [6.07, 6.45) is -0.776. The number of hydrogen-bond acceptors (Lipinski definition) is 2. The Hall–Kier alpha value is -0.570. The number of aliphatic hydroxyl groups is 1. The molecule has 0 aliphatic rings. The van der Waals surface area contributed by atoms with Gasteiger partial charge in [-0.3, -0.25) is 0 Å². The van der Waals surface area contributed by atoms with Crippen molar-refractivity contribution in [1.29, 1.82) is 0 Å². The lowest BCUT2D eigenvalue weighted by molar-refractivity contribution is 0.144. The Morgan fingerprint density at radius 1 is 1.42 bits per heavy atom. The van der Waals surface area contributed by atoms with Gasteiger partial charge in [0.25, 0.3) is 0 Å². The Balaban J connectivity index is 2.98. The molecule has 0 bridgehead atoms. The molecule has 2 atom stereocenters. The number of nitrogens with two attached hydrogens (primary N) is 1. The molecule has 1 aromatic carbocycles. The first-order valence-electron chi connectivity index (χ1n) is 3.76. The lowest BCUT2D eigenvalue weighted by Gasteiger charge is -2.25. The predicted octanol–water partition coefficient (Wildman–Crippen LogP) is 1.42. The van der Waals surface area contributed by atoms with Gasteiger partial charge in [0.05, 0.1) is 6.10 Å². The molecule has 0 heterocycles. The fourth-order valence-corrected chi connectivity index (χ4v) is 1.06. The summed E-state index contributed by atoms with van der Waals surface area (Å²) in [5.74, 6) is 0. The van der Waals surface area contributed by atoms with Crippen molar-refractivity contribution in [3.63, 3.8) is 0 Å². The third-order valence-corrected chi connectivity index (χ3v) is 2.36. The lowest BCUT2D eigenvalue weighted by atomic mass is 10.0. The Morgan fingerprint density at radius 3 is 2.33 bits per heavy atom. The van der Waals surface area contributed by atoms with Gasteiger partial charge in [-0.2, -0.15) is 0 Å². The molecule has 0 aromatic heterocycles. The van der Waals surface area contributed by atoms with E-state index in [2.05, 4.69) is 0 Å². The second kappa shape index (κ2) is 3.44. The number of aliphatic hydroxyl groups excluding tert-OH is 1. The molecule has 0 fully saturated rings. The maximum absolute atomic E-state index is 9.28. The minimum Gasteiger partial charge on any atom is -0.390 e. The van der Waals surface area contributed by atoms with E-state index in [0.29, 0.717) is 0 Å². The topological polar surface area (TPSA) is 46.2 Å². The zero-order valence-corrected chi connectivity index (χ0v) is 7.62. The zero-order chi connectivity index (χ0) is 9.19. The molecule has 66 valence electrons. The van der Waals surface area contributed by atoms with Crippen LogP contribution in [0.5, 0.6) is 0 Å². The largest absolute Gasteiger partial charge is 0.390 e. The van der Waals surface area contributed by atoms with Crippen molar-refractivity contribution in [2.24, 2.45) is 5.73 Å². The van der Waals surface area contributed by atoms with Gasteiger partial charge in [-0.05, 0) is 12.5 Å². The summed E-state index contributed by atoms with van der Waals surface area (Å²) in [6, 6.07) is 9.13. The summed E-state index contributed by atoms with van der Waals surface area (Å²) in [4.78, 5) is -1.18. The molecule has 2 unspecified atom stereocenters. The molecular weight excluding hydrogens is 174 g/mol. The summed E-state index contributed by atoms with van der Waals surface area (Å²) >= 11 is 5.92. The standard InChI is InChI=1S/C9H12ClNO/c1-7(12)9(10,11)8-5-3-2-4-6-8/h2-7,12H,11H2,1H3. The first-order valence-corrected chi connectivity index (χ1v) is 4.14. The third-order valence-electron chi connectivity index (χ3n) is 1.82. The van der Waals surface area contributed by atoms with E-state index in [1.165, 1.54) is 0 Å². The minimum absolute atomic E-state index is 0.724. The van der Waals surface area contributed by atoms with E-state index in [1.54, 1.807) is 19.1 Å². The average molecular weight is 186 g/mol. The molecule has 0 amide bonds. The zero-order valence-electron chi connectivity index (χ0n) is 6.87. The minimum atomic E-state index is -1.18. The summed E-state index contributed by atoms with van der Waals surface area (Å²) in [5.41, 5.74) is 6.42. The first kappa shape index (κ1) is 9.52. The van der Waals surface area contributed by atoms with Crippen LogP contribution in [0, 0.1) is 0 Å². The molecule has 3 heteroatoms. The van der Waals surface area contributed by atoms with Crippen LogP contribution < -0.4 is 5.73 Å². The molecule has 12 heavy (non-hydrogen) atoms. The number of benzene rings is 1. The van der Waals surface area contributed by atoms with E-state index in [-0.39, 0.29) is 0 Å². The first-order chi connectivity index (χ1) is 5.55. The number of alkyl halides is 1. The lowest BCUT2D eigenvalue weighted by Crippen LogP contribution is -2.40. The normalized spacial score (nSPS) is 18.3. The molecule has 3 N–H and O–H groups in total. The van der Waals surface area contributed by atoms with Gasteiger partial charge in [-0.1, -0.05) is 41.9 Å². The number of halogens is 1. The van der Waals surface area contributed by atoms with E-state index in [1.807, 2.05) is 18.2 Å². The van der Waals surface area contributed by atoms with Crippen LogP contribution >= 0.6 is 11.6 Å². The van der Waals surface area contributed by atoms with Crippen LogP contribution in [0.2, 0.25) is 0 Å². The molecule has 2 nitrogen and oxygen atoms in total. The van der Waals surface area contributed by atoms with Crippen LogP contribution in [0.4, 0.5) is 0 Å².